The Labute approximate surface area is 135 Å². The molecule has 0 aliphatic heterocycles. The van der Waals surface area contributed by atoms with Crippen LogP contribution in [0.1, 0.15) is 25.8 Å². The monoisotopic (exact) mass is 323 g/mol. The molecule has 0 atom stereocenters. The van der Waals surface area contributed by atoms with Crippen LogP contribution >= 0.6 is 23.2 Å². The summed E-state index contributed by atoms with van der Waals surface area (Å²) >= 11 is 12.3. The molecular weight excluding hydrogens is 305 g/mol. The second-order valence-electron chi connectivity index (χ2n) is 4.75. The molecule has 112 valence electrons. The summed E-state index contributed by atoms with van der Waals surface area (Å²) in [7, 11) is 0. The summed E-state index contributed by atoms with van der Waals surface area (Å²) < 4.78 is 0. The van der Waals surface area contributed by atoms with Gasteiger partial charge in [0.1, 0.15) is 5.82 Å². The first kappa shape index (κ1) is 15.9. The topological polar surface area (TPSA) is 37.0 Å². The molecule has 3 nitrogen and oxygen atoms in total. The molecule has 0 spiro atoms. The molecule has 0 amide bonds. The quantitative estimate of drug-likeness (QED) is 0.735. The Hall–Kier alpha value is -1.45. The number of hydrogen-bond acceptors (Lipinski definition) is 3. The van der Waals surface area contributed by atoms with Crippen LogP contribution in [0.4, 0.5) is 17.3 Å². The Morgan fingerprint density at radius 2 is 1.67 bits per heavy atom. The fourth-order valence-electron chi connectivity index (χ4n) is 1.88. The summed E-state index contributed by atoms with van der Waals surface area (Å²) in [5, 5.41) is 7.45. The molecule has 0 fully saturated rings. The van der Waals surface area contributed by atoms with E-state index in [1.165, 1.54) is 5.56 Å². The Kier molecular flexibility index (Phi) is 5.71. The maximum Gasteiger partial charge on any atom is 0.151 e. The fourth-order valence-corrected chi connectivity index (χ4v) is 2.35. The summed E-state index contributed by atoms with van der Waals surface area (Å²) in [5.74, 6) is 1.25. The van der Waals surface area contributed by atoms with Crippen molar-refractivity contribution in [3.8, 4) is 0 Å². The van der Waals surface area contributed by atoms with Crippen LogP contribution in [0.2, 0.25) is 10.0 Å². The molecule has 21 heavy (non-hydrogen) atoms. The van der Waals surface area contributed by atoms with Gasteiger partial charge in [0.25, 0.3) is 0 Å². The Bertz CT molecular complexity index is 597. The third-order valence-electron chi connectivity index (χ3n) is 3.10. The second-order valence-corrected chi connectivity index (χ2v) is 5.57. The SMILES string of the molecule is CCCNc1nc(Nc2ccc(CC)cc2)c(Cl)cc1Cl. The van der Waals surface area contributed by atoms with Gasteiger partial charge in [0.15, 0.2) is 5.82 Å². The minimum Gasteiger partial charge on any atom is -0.369 e. The molecule has 1 heterocycles. The normalized spacial score (nSPS) is 10.5. The average Bonchev–Trinajstić information content (AvgIpc) is 2.49. The molecule has 0 radical (unpaired) electrons. The highest BCUT2D eigenvalue weighted by Crippen LogP contribution is 2.31. The second kappa shape index (κ2) is 7.53. The zero-order valence-electron chi connectivity index (χ0n) is 12.2. The van der Waals surface area contributed by atoms with Gasteiger partial charge in [-0.2, -0.15) is 0 Å². The minimum atomic E-state index is 0.501. The minimum absolute atomic E-state index is 0.501. The van der Waals surface area contributed by atoms with E-state index in [0.29, 0.717) is 21.7 Å². The van der Waals surface area contributed by atoms with E-state index in [-0.39, 0.29) is 0 Å². The van der Waals surface area contributed by atoms with Crippen LogP contribution in [0.15, 0.2) is 30.3 Å². The van der Waals surface area contributed by atoms with Gasteiger partial charge in [-0.15, -0.1) is 0 Å². The smallest absolute Gasteiger partial charge is 0.151 e. The van der Waals surface area contributed by atoms with Gasteiger partial charge in [0, 0.05) is 12.2 Å². The zero-order valence-corrected chi connectivity index (χ0v) is 13.7. The predicted octanol–water partition coefficient (Wildman–Crippen LogP) is 5.52. The maximum atomic E-state index is 6.21. The first-order valence-electron chi connectivity index (χ1n) is 7.10. The van der Waals surface area contributed by atoms with Crippen LogP contribution in [-0.2, 0) is 6.42 Å². The highest BCUT2D eigenvalue weighted by atomic mass is 35.5. The number of benzene rings is 1. The highest BCUT2D eigenvalue weighted by Gasteiger charge is 2.09. The third kappa shape index (κ3) is 4.26. The van der Waals surface area contributed by atoms with Crippen LogP contribution in [0.25, 0.3) is 0 Å². The number of aryl methyl sites for hydroxylation is 1. The third-order valence-corrected chi connectivity index (χ3v) is 3.67. The van der Waals surface area contributed by atoms with Crippen molar-refractivity contribution in [3.05, 3.63) is 45.9 Å². The first-order chi connectivity index (χ1) is 10.1. The molecule has 0 aliphatic carbocycles. The molecule has 1 aromatic carbocycles. The van der Waals surface area contributed by atoms with Crippen LogP contribution in [-0.4, -0.2) is 11.5 Å². The van der Waals surface area contributed by atoms with Crippen LogP contribution in [0, 0.1) is 0 Å². The summed E-state index contributed by atoms with van der Waals surface area (Å²) in [6, 6.07) is 9.91. The summed E-state index contributed by atoms with van der Waals surface area (Å²) in [6.07, 6.45) is 2.02. The van der Waals surface area contributed by atoms with E-state index in [9.17, 15) is 0 Å². The lowest BCUT2D eigenvalue weighted by molar-refractivity contribution is 0.970. The number of rotatable bonds is 6. The summed E-state index contributed by atoms with van der Waals surface area (Å²) in [4.78, 5) is 4.46. The number of pyridine rings is 1. The van der Waals surface area contributed by atoms with Gasteiger partial charge in [-0.1, -0.05) is 49.2 Å². The Morgan fingerprint density at radius 3 is 2.29 bits per heavy atom. The van der Waals surface area contributed by atoms with Crippen molar-refractivity contribution in [3.63, 3.8) is 0 Å². The van der Waals surface area contributed by atoms with Crippen LogP contribution in [0.3, 0.4) is 0 Å². The molecule has 2 N–H and O–H groups in total. The van der Waals surface area contributed by atoms with E-state index in [1.807, 2.05) is 12.1 Å². The molecule has 0 unspecified atom stereocenters. The highest BCUT2D eigenvalue weighted by molar-refractivity contribution is 6.37. The molecule has 1 aromatic heterocycles. The maximum absolute atomic E-state index is 6.21. The Morgan fingerprint density at radius 1 is 1.00 bits per heavy atom. The lowest BCUT2D eigenvalue weighted by Gasteiger charge is -2.12. The predicted molar refractivity (Wildman–Crippen MR) is 92.1 cm³/mol. The van der Waals surface area contributed by atoms with Crippen molar-refractivity contribution in [1.82, 2.24) is 4.98 Å². The zero-order chi connectivity index (χ0) is 15.2. The standard InChI is InChI=1S/C16H19Cl2N3/c1-3-9-19-15-13(17)10-14(18)16(21-15)20-12-7-5-11(4-2)6-8-12/h5-8,10H,3-4,9H2,1-2H3,(H2,19,20,21). The van der Waals surface area contributed by atoms with Gasteiger partial charge < -0.3 is 10.6 Å². The van der Waals surface area contributed by atoms with Gasteiger partial charge in [-0.3, -0.25) is 0 Å². The van der Waals surface area contributed by atoms with Gasteiger partial charge in [0.2, 0.25) is 0 Å². The van der Waals surface area contributed by atoms with Crippen LogP contribution in [0.5, 0.6) is 0 Å². The number of hydrogen-bond donors (Lipinski definition) is 2. The van der Waals surface area contributed by atoms with E-state index in [0.717, 1.165) is 25.1 Å². The Balaban J connectivity index is 2.21. The van der Waals surface area contributed by atoms with Crippen molar-refractivity contribution in [2.75, 3.05) is 17.2 Å². The van der Waals surface area contributed by atoms with Crippen molar-refractivity contribution in [1.29, 1.82) is 0 Å². The van der Waals surface area contributed by atoms with E-state index < -0.39 is 0 Å². The average molecular weight is 324 g/mol. The summed E-state index contributed by atoms with van der Waals surface area (Å²) in [6.45, 7) is 5.04. The molecule has 0 aliphatic rings. The fraction of sp³-hybridized carbons (Fsp3) is 0.312. The van der Waals surface area contributed by atoms with E-state index in [2.05, 4.69) is 41.6 Å². The summed E-state index contributed by atoms with van der Waals surface area (Å²) in [5.41, 5.74) is 2.24. The molecule has 2 rings (SSSR count). The molecule has 2 aromatic rings. The molecule has 0 saturated carbocycles. The number of nitrogens with one attached hydrogen (secondary N) is 2. The van der Waals surface area contributed by atoms with Crippen LogP contribution < -0.4 is 10.6 Å². The lowest BCUT2D eigenvalue weighted by atomic mass is 10.1. The van der Waals surface area contributed by atoms with Gasteiger partial charge in [0.05, 0.1) is 10.0 Å². The molecule has 0 saturated heterocycles. The molecule has 0 bridgehead atoms. The number of halogens is 2. The largest absolute Gasteiger partial charge is 0.369 e. The first-order valence-corrected chi connectivity index (χ1v) is 7.85. The van der Waals surface area contributed by atoms with Crippen molar-refractivity contribution in [2.24, 2.45) is 0 Å². The van der Waals surface area contributed by atoms with Crippen molar-refractivity contribution >= 4 is 40.5 Å². The number of nitrogens with zero attached hydrogens (tertiary/aromatic N) is 1. The van der Waals surface area contributed by atoms with Gasteiger partial charge >= 0.3 is 0 Å². The van der Waals surface area contributed by atoms with Gasteiger partial charge in [-0.05, 0) is 36.6 Å². The van der Waals surface area contributed by atoms with Gasteiger partial charge in [-0.25, -0.2) is 4.98 Å². The lowest BCUT2D eigenvalue weighted by Crippen LogP contribution is -2.05. The molecule has 5 heteroatoms. The van der Waals surface area contributed by atoms with E-state index in [1.54, 1.807) is 6.07 Å². The van der Waals surface area contributed by atoms with E-state index >= 15 is 0 Å². The van der Waals surface area contributed by atoms with Crippen molar-refractivity contribution < 1.29 is 0 Å². The van der Waals surface area contributed by atoms with Crippen molar-refractivity contribution in [2.45, 2.75) is 26.7 Å². The number of anilines is 3. The molecular formula is C16H19Cl2N3. The van der Waals surface area contributed by atoms with E-state index in [4.69, 9.17) is 23.2 Å². The number of aromatic nitrogens is 1.